The van der Waals surface area contributed by atoms with Crippen molar-refractivity contribution in [2.45, 2.75) is 19.8 Å². The van der Waals surface area contributed by atoms with E-state index in [1.807, 2.05) is 24.3 Å². The fourth-order valence-corrected chi connectivity index (χ4v) is 1.64. The van der Waals surface area contributed by atoms with Crippen molar-refractivity contribution in [2.24, 2.45) is 0 Å². The Morgan fingerprint density at radius 2 is 1.94 bits per heavy atom. The monoisotopic (exact) mass is 271 g/mol. The molecule has 1 aromatic carbocycles. The third kappa shape index (κ3) is 6.84. The van der Waals surface area contributed by atoms with Gasteiger partial charge in [-0.3, -0.25) is 0 Å². The van der Waals surface area contributed by atoms with Crippen molar-refractivity contribution < 1.29 is 9.47 Å². The van der Waals surface area contributed by atoms with Crippen molar-refractivity contribution in [3.8, 4) is 5.75 Å². The Balaban J connectivity index is 1.94. The molecule has 0 spiro atoms. The highest BCUT2D eigenvalue weighted by molar-refractivity contribution is 6.32. The molecule has 0 aliphatic rings. The van der Waals surface area contributed by atoms with Crippen LogP contribution < -0.4 is 10.1 Å². The number of rotatable bonds is 10. The van der Waals surface area contributed by atoms with Gasteiger partial charge < -0.3 is 14.8 Å². The maximum atomic E-state index is 5.96. The first-order valence-corrected chi connectivity index (χ1v) is 6.88. The highest BCUT2D eigenvalue weighted by Crippen LogP contribution is 2.22. The summed E-state index contributed by atoms with van der Waals surface area (Å²) in [6.07, 6.45) is 2.44. The van der Waals surface area contributed by atoms with Gasteiger partial charge in [-0.25, -0.2) is 0 Å². The van der Waals surface area contributed by atoms with Crippen LogP contribution in [0.1, 0.15) is 19.8 Å². The molecule has 0 fully saturated rings. The average Bonchev–Trinajstić information content (AvgIpc) is 2.39. The molecule has 1 rings (SSSR count). The van der Waals surface area contributed by atoms with Gasteiger partial charge in [0.25, 0.3) is 0 Å². The van der Waals surface area contributed by atoms with Crippen molar-refractivity contribution in [1.29, 1.82) is 0 Å². The van der Waals surface area contributed by atoms with Crippen LogP contribution in [-0.4, -0.2) is 32.9 Å². The van der Waals surface area contributed by atoms with E-state index in [4.69, 9.17) is 21.1 Å². The van der Waals surface area contributed by atoms with E-state index >= 15 is 0 Å². The van der Waals surface area contributed by atoms with Crippen LogP contribution in [0, 0.1) is 0 Å². The van der Waals surface area contributed by atoms with E-state index in [0.717, 1.165) is 19.7 Å². The molecule has 0 radical (unpaired) electrons. The van der Waals surface area contributed by atoms with E-state index in [9.17, 15) is 0 Å². The number of unbranched alkanes of at least 4 members (excludes halogenated alkanes) is 1. The summed E-state index contributed by atoms with van der Waals surface area (Å²) in [5.74, 6) is 0.712. The lowest BCUT2D eigenvalue weighted by atomic mass is 10.3. The molecule has 18 heavy (non-hydrogen) atoms. The Bertz CT molecular complexity index is 320. The molecule has 102 valence electrons. The summed E-state index contributed by atoms with van der Waals surface area (Å²) >= 11 is 5.96. The van der Waals surface area contributed by atoms with Gasteiger partial charge in [0.2, 0.25) is 0 Å². The molecule has 1 N–H and O–H groups in total. The summed E-state index contributed by atoms with van der Waals surface area (Å²) in [4.78, 5) is 0. The first kappa shape index (κ1) is 15.3. The smallest absolute Gasteiger partial charge is 0.138 e. The van der Waals surface area contributed by atoms with Gasteiger partial charge >= 0.3 is 0 Å². The third-order valence-electron chi connectivity index (χ3n) is 2.45. The molecular formula is C14H22ClNO2. The van der Waals surface area contributed by atoms with Crippen LogP contribution in [0.2, 0.25) is 5.02 Å². The summed E-state index contributed by atoms with van der Waals surface area (Å²) < 4.78 is 10.9. The molecule has 0 aliphatic heterocycles. The van der Waals surface area contributed by atoms with E-state index in [2.05, 4.69) is 12.2 Å². The molecule has 0 aliphatic carbocycles. The number of nitrogens with one attached hydrogen (secondary N) is 1. The zero-order valence-corrected chi connectivity index (χ0v) is 11.7. The zero-order valence-electron chi connectivity index (χ0n) is 11.0. The Morgan fingerprint density at radius 1 is 1.11 bits per heavy atom. The van der Waals surface area contributed by atoms with Gasteiger partial charge in [0.15, 0.2) is 0 Å². The SMILES string of the molecule is CCCCNCCOCCOc1ccccc1Cl. The topological polar surface area (TPSA) is 30.5 Å². The second-order valence-electron chi connectivity index (χ2n) is 3.99. The van der Waals surface area contributed by atoms with Crippen LogP contribution in [0.15, 0.2) is 24.3 Å². The number of hydrogen-bond acceptors (Lipinski definition) is 3. The van der Waals surface area contributed by atoms with E-state index in [-0.39, 0.29) is 0 Å². The van der Waals surface area contributed by atoms with Crippen LogP contribution in [0.4, 0.5) is 0 Å². The zero-order chi connectivity index (χ0) is 13.1. The largest absolute Gasteiger partial charge is 0.490 e. The van der Waals surface area contributed by atoms with Gasteiger partial charge in [-0.05, 0) is 25.1 Å². The second-order valence-corrected chi connectivity index (χ2v) is 4.40. The molecule has 0 saturated heterocycles. The fourth-order valence-electron chi connectivity index (χ4n) is 1.45. The standard InChI is InChI=1S/C14H22ClNO2/c1-2-3-8-16-9-10-17-11-12-18-14-7-5-4-6-13(14)15/h4-7,16H,2-3,8-12H2,1H3. The van der Waals surface area contributed by atoms with Gasteiger partial charge in [-0.15, -0.1) is 0 Å². The Morgan fingerprint density at radius 3 is 2.72 bits per heavy atom. The van der Waals surface area contributed by atoms with Crippen LogP contribution in [-0.2, 0) is 4.74 Å². The molecule has 1 aromatic rings. The lowest BCUT2D eigenvalue weighted by Gasteiger charge is -2.08. The van der Waals surface area contributed by atoms with E-state index in [1.165, 1.54) is 12.8 Å². The van der Waals surface area contributed by atoms with Crippen LogP contribution in [0.5, 0.6) is 5.75 Å². The molecule has 3 nitrogen and oxygen atoms in total. The van der Waals surface area contributed by atoms with E-state index < -0.39 is 0 Å². The minimum atomic E-state index is 0.526. The van der Waals surface area contributed by atoms with Gasteiger partial charge in [0.05, 0.1) is 18.2 Å². The van der Waals surface area contributed by atoms with Crippen molar-refractivity contribution in [3.05, 3.63) is 29.3 Å². The second kappa shape index (κ2) is 10.2. The number of hydrogen-bond donors (Lipinski definition) is 1. The molecule has 0 unspecified atom stereocenters. The molecule has 0 amide bonds. The predicted molar refractivity (Wildman–Crippen MR) is 75.5 cm³/mol. The molecular weight excluding hydrogens is 250 g/mol. The number of para-hydroxylation sites is 1. The van der Waals surface area contributed by atoms with Gasteiger partial charge in [0.1, 0.15) is 12.4 Å². The highest BCUT2D eigenvalue weighted by atomic mass is 35.5. The maximum Gasteiger partial charge on any atom is 0.138 e. The van der Waals surface area contributed by atoms with Crippen LogP contribution in [0.25, 0.3) is 0 Å². The molecule has 0 heterocycles. The van der Waals surface area contributed by atoms with E-state index in [0.29, 0.717) is 24.0 Å². The predicted octanol–water partition coefficient (Wildman–Crippen LogP) is 3.13. The normalized spacial score (nSPS) is 10.6. The molecule has 0 saturated carbocycles. The Kier molecular flexibility index (Phi) is 8.65. The summed E-state index contributed by atoms with van der Waals surface area (Å²) in [5, 5.41) is 3.95. The van der Waals surface area contributed by atoms with Crippen LogP contribution >= 0.6 is 11.6 Å². The average molecular weight is 272 g/mol. The molecule has 0 aromatic heterocycles. The Hall–Kier alpha value is -0.770. The number of halogens is 1. The summed E-state index contributed by atoms with van der Waals surface area (Å²) in [5.41, 5.74) is 0. The molecule has 0 atom stereocenters. The number of ether oxygens (including phenoxy) is 2. The van der Waals surface area contributed by atoms with Crippen molar-refractivity contribution in [2.75, 3.05) is 32.9 Å². The van der Waals surface area contributed by atoms with Gasteiger partial charge in [-0.1, -0.05) is 37.1 Å². The summed E-state index contributed by atoms with van der Waals surface area (Å²) in [6, 6.07) is 7.46. The Labute approximate surface area is 114 Å². The quantitative estimate of drug-likeness (QED) is 0.663. The first-order chi connectivity index (χ1) is 8.84. The maximum absolute atomic E-state index is 5.96. The minimum Gasteiger partial charge on any atom is -0.490 e. The minimum absolute atomic E-state index is 0.526. The number of benzene rings is 1. The van der Waals surface area contributed by atoms with Crippen molar-refractivity contribution in [1.82, 2.24) is 5.32 Å². The lowest BCUT2D eigenvalue weighted by Crippen LogP contribution is -2.21. The van der Waals surface area contributed by atoms with Gasteiger partial charge in [0, 0.05) is 6.54 Å². The van der Waals surface area contributed by atoms with Crippen molar-refractivity contribution >= 4 is 11.6 Å². The van der Waals surface area contributed by atoms with Crippen LogP contribution in [0.3, 0.4) is 0 Å². The van der Waals surface area contributed by atoms with Crippen molar-refractivity contribution in [3.63, 3.8) is 0 Å². The fraction of sp³-hybridized carbons (Fsp3) is 0.571. The highest BCUT2D eigenvalue weighted by Gasteiger charge is 1.98. The molecule has 0 bridgehead atoms. The first-order valence-electron chi connectivity index (χ1n) is 6.50. The lowest BCUT2D eigenvalue weighted by molar-refractivity contribution is 0.102. The third-order valence-corrected chi connectivity index (χ3v) is 2.76. The summed E-state index contributed by atoms with van der Waals surface area (Å²) in [7, 11) is 0. The summed E-state index contributed by atoms with van der Waals surface area (Å²) in [6.45, 7) is 5.97. The molecule has 4 heteroatoms. The van der Waals surface area contributed by atoms with Gasteiger partial charge in [-0.2, -0.15) is 0 Å². The van der Waals surface area contributed by atoms with E-state index in [1.54, 1.807) is 0 Å².